The maximum absolute atomic E-state index is 5.33. The van der Waals surface area contributed by atoms with Crippen molar-refractivity contribution in [2.45, 2.75) is 13.0 Å². The van der Waals surface area contributed by atoms with Crippen LogP contribution < -0.4 is 4.74 Å². The number of hydrogen-bond donors (Lipinski definition) is 0. The van der Waals surface area contributed by atoms with E-state index in [9.17, 15) is 0 Å². The van der Waals surface area contributed by atoms with Crippen molar-refractivity contribution in [1.82, 2.24) is 4.98 Å². The van der Waals surface area contributed by atoms with E-state index in [-0.39, 0.29) is 6.04 Å². The van der Waals surface area contributed by atoms with Crippen LogP contribution in [0.15, 0.2) is 53.8 Å². The molecule has 3 heteroatoms. The minimum Gasteiger partial charge on any atom is -0.496 e. The lowest BCUT2D eigenvalue weighted by atomic mass is 10.1. The molecular formula is C15H16N2O. The second kappa shape index (κ2) is 5.96. The smallest absolute Gasteiger partial charge is 0.124 e. The lowest BCUT2D eigenvalue weighted by molar-refractivity contribution is 0.407. The van der Waals surface area contributed by atoms with Gasteiger partial charge in [0.1, 0.15) is 5.75 Å². The van der Waals surface area contributed by atoms with Crippen LogP contribution in [0.4, 0.5) is 0 Å². The van der Waals surface area contributed by atoms with Crippen molar-refractivity contribution in [1.29, 1.82) is 0 Å². The van der Waals surface area contributed by atoms with Gasteiger partial charge in [0.05, 0.1) is 13.2 Å². The first-order valence-electron chi connectivity index (χ1n) is 5.87. The Balaban J connectivity index is 2.17. The number of aromatic nitrogens is 1. The fourth-order valence-corrected chi connectivity index (χ4v) is 1.74. The van der Waals surface area contributed by atoms with Gasteiger partial charge >= 0.3 is 0 Å². The molecule has 0 fully saturated rings. The predicted molar refractivity (Wildman–Crippen MR) is 73.2 cm³/mol. The average molecular weight is 240 g/mol. The number of rotatable bonds is 4. The fraction of sp³-hybridized carbons (Fsp3) is 0.200. The monoisotopic (exact) mass is 240 g/mol. The summed E-state index contributed by atoms with van der Waals surface area (Å²) in [6.45, 7) is 2.05. The third kappa shape index (κ3) is 2.94. The summed E-state index contributed by atoms with van der Waals surface area (Å²) < 4.78 is 5.33. The molecule has 0 aliphatic carbocycles. The topological polar surface area (TPSA) is 34.5 Å². The van der Waals surface area contributed by atoms with Gasteiger partial charge < -0.3 is 4.74 Å². The van der Waals surface area contributed by atoms with Crippen LogP contribution in [-0.2, 0) is 0 Å². The average Bonchev–Trinajstić information content (AvgIpc) is 2.45. The SMILES string of the molecule is COc1ccccc1C(C)N=Cc1ccncc1. The molecule has 0 amide bonds. The molecule has 2 rings (SSSR count). The molecule has 0 aliphatic rings. The third-order valence-electron chi connectivity index (χ3n) is 2.74. The Kier molecular flexibility index (Phi) is 4.07. The van der Waals surface area contributed by atoms with Crippen molar-refractivity contribution in [3.05, 3.63) is 59.9 Å². The van der Waals surface area contributed by atoms with Gasteiger partial charge in [0.2, 0.25) is 0 Å². The van der Waals surface area contributed by atoms with E-state index in [0.29, 0.717) is 0 Å². The standard InChI is InChI=1S/C15H16N2O/c1-12(14-5-3-4-6-15(14)18-2)17-11-13-7-9-16-10-8-13/h3-12H,1-2H3. The zero-order chi connectivity index (χ0) is 12.8. The molecule has 92 valence electrons. The summed E-state index contributed by atoms with van der Waals surface area (Å²) in [6.07, 6.45) is 5.38. The van der Waals surface area contributed by atoms with Gasteiger partial charge in [-0.2, -0.15) is 0 Å². The van der Waals surface area contributed by atoms with Gasteiger partial charge in [-0.3, -0.25) is 9.98 Å². The van der Waals surface area contributed by atoms with Crippen molar-refractivity contribution in [2.75, 3.05) is 7.11 Å². The van der Waals surface area contributed by atoms with E-state index in [0.717, 1.165) is 16.9 Å². The predicted octanol–water partition coefficient (Wildman–Crippen LogP) is 3.27. The zero-order valence-corrected chi connectivity index (χ0v) is 10.6. The Morgan fingerprint density at radius 3 is 2.61 bits per heavy atom. The van der Waals surface area contributed by atoms with E-state index >= 15 is 0 Å². The molecule has 1 aromatic carbocycles. The summed E-state index contributed by atoms with van der Waals surface area (Å²) in [4.78, 5) is 8.52. The molecule has 0 bridgehead atoms. The lowest BCUT2D eigenvalue weighted by Gasteiger charge is -2.11. The number of aliphatic imine (C=N–C) groups is 1. The molecule has 0 saturated carbocycles. The number of ether oxygens (including phenoxy) is 1. The largest absolute Gasteiger partial charge is 0.496 e. The summed E-state index contributed by atoms with van der Waals surface area (Å²) in [7, 11) is 1.68. The first kappa shape index (κ1) is 12.3. The minimum atomic E-state index is 0.0642. The molecule has 1 aromatic heterocycles. The molecule has 1 atom stereocenters. The molecule has 1 heterocycles. The van der Waals surface area contributed by atoms with Crippen LogP contribution in [-0.4, -0.2) is 18.3 Å². The molecule has 0 radical (unpaired) electrons. The number of methoxy groups -OCH3 is 1. The molecule has 0 saturated heterocycles. The van der Waals surface area contributed by atoms with Crippen LogP contribution in [0.5, 0.6) is 5.75 Å². The molecule has 2 aromatic rings. The van der Waals surface area contributed by atoms with E-state index in [1.807, 2.05) is 42.6 Å². The Morgan fingerprint density at radius 1 is 1.17 bits per heavy atom. The van der Waals surface area contributed by atoms with Gasteiger partial charge in [-0.25, -0.2) is 0 Å². The van der Waals surface area contributed by atoms with Gasteiger partial charge in [0.25, 0.3) is 0 Å². The summed E-state index contributed by atoms with van der Waals surface area (Å²) in [6, 6.07) is 11.9. The van der Waals surface area contributed by atoms with Crippen LogP contribution in [0.2, 0.25) is 0 Å². The zero-order valence-electron chi connectivity index (χ0n) is 10.6. The lowest BCUT2D eigenvalue weighted by Crippen LogP contribution is -1.95. The second-order valence-electron chi connectivity index (χ2n) is 3.98. The summed E-state index contributed by atoms with van der Waals surface area (Å²) >= 11 is 0. The summed E-state index contributed by atoms with van der Waals surface area (Å²) in [5.41, 5.74) is 2.14. The second-order valence-corrected chi connectivity index (χ2v) is 3.98. The quantitative estimate of drug-likeness (QED) is 0.769. The fourth-order valence-electron chi connectivity index (χ4n) is 1.74. The van der Waals surface area contributed by atoms with Crippen LogP contribution >= 0.6 is 0 Å². The molecule has 3 nitrogen and oxygen atoms in total. The van der Waals surface area contributed by atoms with Crippen molar-refractivity contribution in [2.24, 2.45) is 4.99 Å². The normalized spacial score (nSPS) is 12.6. The van der Waals surface area contributed by atoms with Crippen LogP contribution in [0.1, 0.15) is 24.1 Å². The molecule has 0 aliphatic heterocycles. The van der Waals surface area contributed by atoms with Crippen molar-refractivity contribution >= 4 is 6.21 Å². The van der Waals surface area contributed by atoms with E-state index in [1.165, 1.54) is 0 Å². The van der Waals surface area contributed by atoms with E-state index < -0.39 is 0 Å². The van der Waals surface area contributed by atoms with Crippen LogP contribution in [0.3, 0.4) is 0 Å². The number of hydrogen-bond acceptors (Lipinski definition) is 3. The molecular weight excluding hydrogens is 224 g/mol. The van der Waals surface area contributed by atoms with Crippen LogP contribution in [0, 0.1) is 0 Å². The first-order chi connectivity index (χ1) is 8.81. The minimum absolute atomic E-state index is 0.0642. The highest BCUT2D eigenvalue weighted by Gasteiger charge is 2.08. The van der Waals surface area contributed by atoms with Crippen molar-refractivity contribution in [3.63, 3.8) is 0 Å². The van der Waals surface area contributed by atoms with Crippen molar-refractivity contribution in [3.8, 4) is 5.75 Å². The highest BCUT2D eigenvalue weighted by atomic mass is 16.5. The number of para-hydroxylation sites is 1. The third-order valence-corrected chi connectivity index (χ3v) is 2.74. The highest BCUT2D eigenvalue weighted by Crippen LogP contribution is 2.26. The molecule has 1 unspecified atom stereocenters. The van der Waals surface area contributed by atoms with Gasteiger partial charge in [-0.05, 0) is 30.7 Å². The first-order valence-corrected chi connectivity index (χ1v) is 5.87. The van der Waals surface area contributed by atoms with E-state index in [1.54, 1.807) is 19.5 Å². The molecule has 0 spiro atoms. The Hall–Kier alpha value is -2.16. The number of nitrogens with zero attached hydrogens (tertiary/aromatic N) is 2. The highest BCUT2D eigenvalue weighted by molar-refractivity contribution is 5.79. The summed E-state index contributed by atoms with van der Waals surface area (Å²) in [5.74, 6) is 0.872. The van der Waals surface area contributed by atoms with Gasteiger partial charge in [0.15, 0.2) is 0 Å². The molecule has 18 heavy (non-hydrogen) atoms. The van der Waals surface area contributed by atoms with Gasteiger partial charge in [-0.15, -0.1) is 0 Å². The number of benzene rings is 1. The summed E-state index contributed by atoms with van der Waals surface area (Å²) in [5, 5.41) is 0. The Morgan fingerprint density at radius 2 is 1.89 bits per heavy atom. The maximum atomic E-state index is 5.33. The van der Waals surface area contributed by atoms with E-state index in [2.05, 4.69) is 16.9 Å². The van der Waals surface area contributed by atoms with Crippen molar-refractivity contribution < 1.29 is 4.74 Å². The van der Waals surface area contributed by atoms with Gasteiger partial charge in [0, 0.05) is 24.2 Å². The Labute approximate surface area is 107 Å². The van der Waals surface area contributed by atoms with E-state index in [4.69, 9.17) is 4.74 Å². The number of pyridine rings is 1. The van der Waals surface area contributed by atoms with Gasteiger partial charge in [-0.1, -0.05) is 18.2 Å². The maximum Gasteiger partial charge on any atom is 0.124 e. The molecule has 0 N–H and O–H groups in total. The van der Waals surface area contributed by atoms with Crippen LogP contribution in [0.25, 0.3) is 0 Å². The Bertz CT molecular complexity index is 523.